The van der Waals surface area contributed by atoms with Gasteiger partial charge in [-0.25, -0.2) is 0 Å². The summed E-state index contributed by atoms with van der Waals surface area (Å²) in [4.78, 5) is 23.7. The Morgan fingerprint density at radius 2 is 1.90 bits per heavy atom. The maximum Gasteiger partial charge on any atom is 0.320 e. The molecular formula is C22H28N2O5S. The van der Waals surface area contributed by atoms with Crippen LogP contribution in [-0.2, 0) is 16.1 Å². The molecule has 7 nitrogen and oxygen atoms in total. The van der Waals surface area contributed by atoms with E-state index in [1.54, 1.807) is 23.9 Å². The number of thioether (sulfide) groups is 1. The molecule has 1 unspecified atom stereocenters. The number of ether oxygens (including phenoxy) is 2. The minimum absolute atomic E-state index is 0.198. The maximum atomic E-state index is 12.3. The largest absolute Gasteiger partial charge is 0.493 e. The number of carbonyl (C=O) groups is 2. The first-order valence-electron chi connectivity index (χ1n) is 9.55. The summed E-state index contributed by atoms with van der Waals surface area (Å²) in [5.74, 6) is 0.442. The number of hydrogen-bond donors (Lipinski definition) is 3. The molecule has 8 heteroatoms. The van der Waals surface area contributed by atoms with Gasteiger partial charge in [-0.05, 0) is 43.6 Å². The molecule has 0 fully saturated rings. The zero-order valence-electron chi connectivity index (χ0n) is 17.4. The number of carboxylic acid groups (broad SMARTS) is 1. The lowest BCUT2D eigenvalue weighted by Gasteiger charge is -2.18. The Bertz CT molecular complexity index is 842. The van der Waals surface area contributed by atoms with E-state index in [-0.39, 0.29) is 19.1 Å². The number of benzene rings is 2. The second-order valence-electron chi connectivity index (χ2n) is 6.70. The van der Waals surface area contributed by atoms with Crippen LogP contribution < -0.4 is 20.1 Å². The first kappa shape index (κ1) is 23.6. The van der Waals surface area contributed by atoms with Gasteiger partial charge in [-0.1, -0.05) is 29.8 Å². The van der Waals surface area contributed by atoms with Crippen molar-refractivity contribution in [3.05, 3.63) is 53.6 Å². The van der Waals surface area contributed by atoms with Crippen molar-refractivity contribution < 1.29 is 24.2 Å². The molecule has 0 aliphatic carbocycles. The summed E-state index contributed by atoms with van der Waals surface area (Å²) in [5.41, 5.74) is 2.51. The SMILES string of the molecule is COc1cccc(CNC(CCSC)C(=O)O)c1OCC(=O)Nc1ccc(C)cc1. The molecule has 1 atom stereocenters. The molecule has 0 aromatic heterocycles. The molecule has 0 spiro atoms. The van der Waals surface area contributed by atoms with Crippen LogP contribution in [-0.4, -0.2) is 48.8 Å². The predicted molar refractivity (Wildman–Crippen MR) is 120 cm³/mol. The van der Waals surface area contributed by atoms with Crippen LogP contribution in [0, 0.1) is 6.92 Å². The van der Waals surface area contributed by atoms with Crippen LogP contribution in [0.5, 0.6) is 11.5 Å². The number of para-hydroxylation sites is 1. The topological polar surface area (TPSA) is 96.9 Å². The molecule has 162 valence electrons. The Balaban J connectivity index is 2.04. The summed E-state index contributed by atoms with van der Waals surface area (Å²) in [6, 6.07) is 12.2. The molecule has 2 aromatic carbocycles. The van der Waals surface area contributed by atoms with E-state index < -0.39 is 12.0 Å². The lowest BCUT2D eigenvalue weighted by atomic mass is 10.1. The van der Waals surface area contributed by atoms with E-state index in [2.05, 4.69) is 10.6 Å². The summed E-state index contributed by atoms with van der Waals surface area (Å²) in [6.07, 6.45) is 2.45. The van der Waals surface area contributed by atoms with Crippen molar-refractivity contribution in [2.24, 2.45) is 0 Å². The summed E-state index contributed by atoms with van der Waals surface area (Å²) >= 11 is 1.60. The summed E-state index contributed by atoms with van der Waals surface area (Å²) < 4.78 is 11.1. The second kappa shape index (κ2) is 12.1. The number of aliphatic carboxylic acids is 1. The number of carbonyl (C=O) groups excluding carboxylic acids is 1. The molecule has 1 amide bonds. The van der Waals surface area contributed by atoms with E-state index >= 15 is 0 Å². The molecular weight excluding hydrogens is 404 g/mol. The molecule has 2 rings (SSSR count). The molecule has 0 radical (unpaired) electrons. The summed E-state index contributed by atoms with van der Waals surface area (Å²) in [7, 11) is 1.52. The van der Waals surface area contributed by atoms with Gasteiger partial charge in [-0.15, -0.1) is 0 Å². The lowest BCUT2D eigenvalue weighted by Crippen LogP contribution is -2.36. The lowest BCUT2D eigenvalue weighted by molar-refractivity contribution is -0.139. The third kappa shape index (κ3) is 7.27. The van der Waals surface area contributed by atoms with Crippen molar-refractivity contribution in [3.8, 4) is 11.5 Å². The Labute approximate surface area is 181 Å². The third-order valence-corrected chi connectivity index (χ3v) is 5.05. The van der Waals surface area contributed by atoms with E-state index in [4.69, 9.17) is 9.47 Å². The molecule has 0 heterocycles. The number of amides is 1. The first-order valence-corrected chi connectivity index (χ1v) is 10.9. The van der Waals surface area contributed by atoms with Crippen LogP contribution >= 0.6 is 11.8 Å². The van der Waals surface area contributed by atoms with Crippen LogP contribution in [0.25, 0.3) is 0 Å². The van der Waals surface area contributed by atoms with Gasteiger partial charge in [0.15, 0.2) is 18.1 Å². The van der Waals surface area contributed by atoms with Crippen LogP contribution in [0.3, 0.4) is 0 Å². The fraction of sp³-hybridized carbons (Fsp3) is 0.364. The zero-order chi connectivity index (χ0) is 21.9. The van der Waals surface area contributed by atoms with Crippen molar-refractivity contribution in [1.29, 1.82) is 0 Å². The van der Waals surface area contributed by atoms with E-state index in [1.165, 1.54) is 7.11 Å². The zero-order valence-corrected chi connectivity index (χ0v) is 18.3. The van der Waals surface area contributed by atoms with E-state index in [9.17, 15) is 14.7 Å². The number of rotatable bonds is 12. The summed E-state index contributed by atoms with van der Waals surface area (Å²) in [6.45, 7) is 2.05. The molecule has 0 aliphatic rings. The Morgan fingerprint density at radius 1 is 1.17 bits per heavy atom. The van der Waals surface area contributed by atoms with Crippen molar-refractivity contribution in [3.63, 3.8) is 0 Å². The Kier molecular flexibility index (Phi) is 9.50. The van der Waals surface area contributed by atoms with Crippen LogP contribution in [0.2, 0.25) is 0 Å². The number of hydrogen-bond acceptors (Lipinski definition) is 6. The van der Waals surface area contributed by atoms with Gasteiger partial charge in [0.2, 0.25) is 0 Å². The second-order valence-corrected chi connectivity index (χ2v) is 7.69. The van der Waals surface area contributed by atoms with Gasteiger partial charge in [0.1, 0.15) is 6.04 Å². The van der Waals surface area contributed by atoms with Gasteiger partial charge in [0.05, 0.1) is 7.11 Å². The van der Waals surface area contributed by atoms with Crippen molar-refractivity contribution in [1.82, 2.24) is 5.32 Å². The van der Waals surface area contributed by atoms with Gasteiger partial charge in [0.25, 0.3) is 5.91 Å². The Hall–Kier alpha value is -2.71. The average molecular weight is 433 g/mol. The van der Waals surface area contributed by atoms with Crippen LogP contribution in [0.15, 0.2) is 42.5 Å². The quantitative estimate of drug-likeness (QED) is 0.473. The highest BCUT2D eigenvalue weighted by Gasteiger charge is 2.18. The van der Waals surface area contributed by atoms with E-state index in [0.717, 1.165) is 11.3 Å². The standard InChI is InChI=1S/C22H28N2O5S/c1-15-7-9-17(10-8-15)24-20(25)14-29-21-16(5-4-6-19(21)28-2)13-23-18(22(26)27)11-12-30-3/h4-10,18,23H,11-14H2,1-3H3,(H,24,25)(H,26,27). The van der Waals surface area contributed by atoms with Crippen molar-refractivity contribution in [2.45, 2.75) is 25.9 Å². The minimum Gasteiger partial charge on any atom is -0.493 e. The van der Waals surface area contributed by atoms with Crippen LogP contribution in [0.1, 0.15) is 17.5 Å². The maximum absolute atomic E-state index is 12.3. The molecule has 0 bridgehead atoms. The normalized spacial score (nSPS) is 11.6. The van der Waals surface area contributed by atoms with Crippen molar-refractivity contribution in [2.75, 3.05) is 31.0 Å². The number of nitrogens with one attached hydrogen (secondary N) is 2. The molecule has 0 saturated carbocycles. The molecule has 2 aromatic rings. The molecule has 0 saturated heterocycles. The Morgan fingerprint density at radius 3 is 2.53 bits per heavy atom. The highest BCUT2D eigenvalue weighted by Crippen LogP contribution is 2.31. The predicted octanol–water partition coefficient (Wildman–Crippen LogP) is 3.32. The third-order valence-electron chi connectivity index (χ3n) is 4.41. The first-order chi connectivity index (χ1) is 14.4. The number of methoxy groups -OCH3 is 1. The molecule has 3 N–H and O–H groups in total. The van der Waals surface area contributed by atoms with E-state index in [1.807, 2.05) is 43.5 Å². The highest BCUT2D eigenvalue weighted by atomic mass is 32.2. The number of anilines is 1. The molecule has 0 aliphatic heterocycles. The fourth-order valence-corrected chi connectivity index (χ4v) is 3.25. The van der Waals surface area contributed by atoms with Crippen LogP contribution in [0.4, 0.5) is 5.69 Å². The van der Waals surface area contributed by atoms with Gasteiger partial charge in [0, 0.05) is 17.8 Å². The monoisotopic (exact) mass is 432 g/mol. The van der Waals surface area contributed by atoms with E-state index in [0.29, 0.717) is 29.2 Å². The number of aryl methyl sites for hydroxylation is 1. The highest BCUT2D eigenvalue weighted by molar-refractivity contribution is 7.98. The molecule has 30 heavy (non-hydrogen) atoms. The van der Waals surface area contributed by atoms with Crippen molar-refractivity contribution >= 4 is 29.3 Å². The average Bonchev–Trinajstić information content (AvgIpc) is 2.73. The summed E-state index contributed by atoms with van der Waals surface area (Å²) in [5, 5.41) is 15.2. The van der Waals surface area contributed by atoms with Gasteiger partial charge >= 0.3 is 5.97 Å². The minimum atomic E-state index is -0.896. The van der Waals surface area contributed by atoms with Gasteiger partial charge in [-0.2, -0.15) is 11.8 Å². The smallest absolute Gasteiger partial charge is 0.320 e. The van der Waals surface area contributed by atoms with Gasteiger partial charge < -0.3 is 25.2 Å². The number of carboxylic acids is 1. The van der Waals surface area contributed by atoms with Gasteiger partial charge in [-0.3, -0.25) is 9.59 Å². The fourth-order valence-electron chi connectivity index (χ4n) is 2.78.